The number of benzene rings is 2. The molecule has 2 nitrogen and oxygen atoms in total. The van der Waals surface area contributed by atoms with Crippen LogP contribution in [0.3, 0.4) is 0 Å². The SMILES string of the molecule is CCOc1ccc(CC(N)c2ccccc2)cc1. The van der Waals surface area contributed by atoms with Gasteiger partial charge in [0, 0.05) is 6.04 Å². The molecule has 0 spiro atoms. The molecular formula is C16H19NO. The minimum atomic E-state index is 0.0455. The smallest absolute Gasteiger partial charge is 0.119 e. The van der Waals surface area contributed by atoms with Crippen LogP contribution in [0, 0.1) is 0 Å². The van der Waals surface area contributed by atoms with Crippen LogP contribution in [0.1, 0.15) is 24.1 Å². The summed E-state index contributed by atoms with van der Waals surface area (Å²) in [5, 5.41) is 0. The van der Waals surface area contributed by atoms with Gasteiger partial charge in [-0.05, 0) is 36.6 Å². The van der Waals surface area contributed by atoms with E-state index in [9.17, 15) is 0 Å². The van der Waals surface area contributed by atoms with Crippen LogP contribution in [0.2, 0.25) is 0 Å². The average Bonchev–Trinajstić information content (AvgIpc) is 2.42. The highest BCUT2D eigenvalue weighted by Gasteiger charge is 2.06. The monoisotopic (exact) mass is 241 g/mol. The zero-order valence-electron chi connectivity index (χ0n) is 10.7. The van der Waals surface area contributed by atoms with Crippen LogP contribution < -0.4 is 10.5 Å². The van der Waals surface area contributed by atoms with E-state index in [0.29, 0.717) is 6.61 Å². The third kappa shape index (κ3) is 3.34. The molecule has 2 heteroatoms. The number of hydrogen-bond donors (Lipinski definition) is 1. The predicted octanol–water partition coefficient (Wildman–Crippen LogP) is 3.33. The maximum atomic E-state index is 6.19. The molecule has 0 aliphatic carbocycles. The first-order valence-corrected chi connectivity index (χ1v) is 6.32. The molecule has 0 aromatic heterocycles. The van der Waals surface area contributed by atoms with Gasteiger partial charge in [0.25, 0.3) is 0 Å². The normalized spacial score (nSPS) is 12.1. The zero-order chi connectivity index (χ0) is 12.8. The number of nitrogens with two attached hydrogens (primary N) is 1. The van der Waals surface area contributed by atoms with E-state index in [2.05, 4.69) is 24.3 Å². The Bertz CT molecular complexity index is 464. The highest BCUT2D eigenvalue weighted by Crippen LogP contribution is 2.18. The van der Waals surface area contributed by atoms with Crippen molar-refractivity contribution in [3.8, 4) is 5.75 Å². The van der Waals surface area contributed by atoms with Gasteiger partial charge in [-0.15, -0.1) is 0 Å². The van der Waals surface area contributed by atoms with Gasteiger partial charge < -0.3 is 10.5 Å². The summed E-state index contributed by atoms with van der Waals surface area (Å²) >= 11 is 0. The summed E-state index contributed by atoms with van der Waals surface area (Å²) in [6.45, 7) is 2.68. The fourth-order valence-electron chi connectivity index (χ4n) is 1.96. The largest absolute Gasteiger partial charge is 0.494 e. The van der Waals surface area contributed by atoms with Crippen molar-refractivity contribution >= 4 is 0 Å². The molecule has 0 saturated heterocycles. The topological polar surface area (TPSA) is 35.2 Å². The van der Waals surface area contributed by atoms with Crippen LogP contribution in [-0.2, 0) is 6.42 Å². The molecule has 2 aromatic rings. The third-order valence-corrected chi connectivity index (χ3v) is 2.92. The van der Waals surface area contributed by atoms with Crippen LogP contribution in [0.15, 0.2) is 54.6 Å². The molecular weight excluding hydrogens is 222 g/mol. The van der Waals surface area contributed by atoms with Gasteiger partial charge in [-0.3, -0.25) is 0 Å². The lowest BCUT2D eigenvalue weighted by Gasteiger charge is -2.12. The lowest BCUT2D eigenvalue weighted by atomic mass is 10.00. The number of rotatable bonds is 5. The molecule has 0 amide bonds. The quantitative estimate of drug-likeness (QED) is 0.871. The molecule has 94 valence electrons. The number of hydrogen-bond acceptors (Lipinski definition) is 2. The Morgan fingerprint density at radius 1 is 1.00 bits per heavy atom. The maximum Gasteiger partial charge on any atom is 0.119 e. The Balaban J connectivity index is 2.01. The summed E-state index contributed by atoms with van der Waals surface area (Å²) < 4.78 is 5.42. The average molecular weight is 241 g/mol. The van der Waals surface area contributed by atoms with Gasteiger partial charge >= 0.3 is 0 Å². The van der Waals surface area contributed by atoms with Crippen molar-refractivity contribution in [2.75, 3.05) is 6.61 Å². The lowest BCUT2D eigenvalue weighted by molar-refractivity contribution is 0.340. The van der Waals surface area contributed by atoms with Crippen molar-refractivity contribution in [1.82, 2.24) is 0 Å². The summed E-state index contributed by atoms with van der Waals surface area (Å²) in [5.41, 5.74) is 8.60. The molecule has 0 saturated carbocycles. The summed E-state index contributed by atoms with van der Waals surface area (Å²) in [5.74, 6) is 0.912. The van der Waals surface area contributed by atoms with Crippen molar-refractivity contribution in [2.45, 2.75) is 19.4 Å². The second kappa shape index (κ2) is 6.22. The van der Waals surface area contributed by atoms with Crippen LogP contribution in [0.4, 0.5) is 0 Å². The Hall–Kier alpha value is -1.80. The molecule has 0 aliphatic heterocycles. The van der Waals surface area contributed by atoms with Crippen molar-refractivity contribution in [3.05, 3.63) is 65.7 Å². The van der Waals surface area contributed by atoms with Crippen molar-refractivity contribution in [1.29, 1.82) is 0 Å². The van der Waals surface area contributed by atoms with E-state index in [1.54, 1.807) is 0 Å². The Kier molecular flexibility index (Phi) is 4.37. The van der Waals surface area contributed by atoms with Crippen LogP contribution in [0.5, 0.6) is 5.75 Å². The molecule has 0 radical (unpaired) electrons. The molecule has 0 aliphatic rings. The Labute approximate surface area is 108 Å². The van der Waals surface area contributed by atoms with E-state index in [4.69, 9.17) is 10.5 Å². The van der Waals surface area contributed by atoms with E-state index < -0.39 is 0 Å². The summed E-state index contributed by atoms with van der Waals surface area (Å²) in [4.78, 5) is 0. The third-order valence-electron chi connectivity index (χ3n) is 2.92. The van der Waals surface area contributed by atoms with Crippen LogP contribution >= 0.6 is 0 Å². The molecule has 0 fully saturated rings. The predicted molar refractivity (Wildman–Crippen MR) is 74.7 cm³/mol. The maximum absolute atomic E-state index is 6.19. The van der Waals surface area contributed by atoms with E-state index in [0.717, 1.165) is 12.2 Å². The summed E-state index contributed by atoms with van der Waals surface area (Å²) in [6.07, 6.45) is 0.844. The van der Waals surface area contributed by atoms with Gasteiger partial charge in [0.05, 0.1) is 6.61 Å². The molecule has 0 bridgehead atoms. The van der Waals surface area contributed by atoms with Gasteiger partial charge in [-0.1, -0.05) is 42.5 Å². The van der Waals surface area contributed by atoms with E-state index in [1.807, 2.05) is 37.3 Å². The van der Waals surface area contributed by atoms with Gasteiger partial charge in [0.15, 0.2) is 0 Å². The molecule has 1 atom stereocenters. The fraction of sp³-hybridized carbons (Fsp3) is 0.250. The highest BCUT2D eigenvalue weighted by atomic mass is 16.5. The van der Waals surface area contributed by atoms with E-state index in [-0.39, 0.29) is 6.04 Å². The first-order chi connectivity index (χ1) is 8.79. The molecule has 18 heavy (non-hydrogen) atoms. The first kappa shape index (κ1) is 12.7. The molecule has 2 aromatic carbocycles. The zero-order valence-corrected chi connectivity index (χ0v) is 10.7. The fourth-order valence-corrected chi connectivity index (χ4v) is 1.96. The van der Waals surface area contributed by atoms with Crippen molar-refractivity contribution in [2.24, 2.45) is 5.73 Å². The standard InChI is InChI=1S/C16H19NO/c1-2-18-15-10-8-13(9-11-15)12-16(17)14-6-4-3-5-7-14/h3-11,16H,2,12,17H2,1H3. The van der Waals surface area contributed by atoms with Gasteiger partial charge in [-0.2, -0.15) is 0 Å². The molecule has 0 heterocycles. The minimum Gasteiger partial charge on any atom is -0.494 e. The first-order valence-electron chi connectivity index (χ1n) is 6.32. The van der Waals surface area contributed by atoms with E-state index in [1.165, 1.54) is 11.1 Å². The van der Waals surface area contributed by atoms with Crippen molar-refractivity contribution in [3.63, 3.8) is 0 Å². The van der Waals surface area contributed by atoms with Crippen molar-refractivity contribution < 1.29 is 4.74 Å². The lowest BCUT2D eigenvalue weighted by Crippen LogP contribution is -2.13. The molecule has 2 rings (SSSR count). The second-order valence-electron chi connectivity index (χ2n) is 4.30. The molecule has 1 unspecified atom stereocenters. The highest BCUT2D eigenvalue weighted by molar-refractivity contribution is 5.29. The van der Waals surface area contributed by atoms with Gasteiger partial charge in [0.2, 0.25) is 0 Å². The molecule has 2 N–H and O–H groups in total. The Morgan fingerprint density at radius 2 is 1.67 bits per heavy atom. The van der Waals surface area contributed by atoms with Gasteiger partial charge in [0.1, 0.15) is 5.75 Å². The summed E-state index contributed by atoms with van der Waals surface area (Å²) in [7, 11) is 0. The minimum absolute atomic E-state index is 0.0455. The van der Waals surface area contributed by atoms with Crippen LogP contribution in [-0.4, -0.2) is 6.61 Å². The summed E-state index contributed by atoms with van der Waals surface area (Å²) in [6, 6.07) is 18.4. The number of ether oxygens (including phenoxy) is 1. The van der Waals surface area contributed by atoms with Crippen LogP contribution in [0.25, 0.3) is 0 Å². The Morgan fingerprint density at radius 3 is 2.28 bits per heavy atom. The second-order valence-corrected chi connectivity index (χ2v) is 4.30. The van der Waals surface area contributed by atoms with E-state index >= 15 is 0 Å². The van der Waals surface area contributed by atoms with Gasteiger partial charge in [-0.25, -0.2) is 0 Å².